The van der Waals surface area contributed by atoms with Crippen molar-refractivity contribution in [2.24, 2.45) is 0 Å². The predicted molar refractivity (Wildman–Crippen MR) is 70.1 cm³/mol. The van der Waals surface area contributed by atoms with Gasteiger partial charge in [0.1, 0.15) is 0 Å². The first-order valence-corrected chi connectivity index (χ1v) is 6.02. The van der Waals surface area contributed by atoms with Crippen LogP contribution in [0.25, 0.3) is 0 Å². The molecule has 4 heteroatoms. The third-order valence-electron chi connectivity index (χ3n) is 2.58. The van der Waals surface area contributed by atoms with Crippen LogP contribution >= 0.6 is 0 Å². The lowest BCUT2D eigenvalue weighted by Gasteiger charge is -2.16. The van der Waals surface area contributed by atoms with E-state index in [4.69, 9.17) is 4.74 Å². The van der Waals surface area contributed by atoms with Gasteiger partial charge >= 0.3 is 0 Å². The molecule has 1 aromatic rings. The smallest absolute Gasteiger partial charge is 0.0587 e. The van der Waals surface area contributed by atoms with Crippen LogP contribution < -0.4 is 5.32 Å². The van der Waals surface area contributed by atoms with E-state index in [1.807, 2.05) is 13.1 Å². The van der Waals surface area contributed by atoms with E-state index in [0.29, 0.717) is 0 Å². The molecule has 0 fully saturated rings. The van der Waals surface area contributed by atoms with E-state index in [0.717, 1.165) is 38.5 Å². The monoisotopic (exact) mass is 237 g/mol. The van der Waals surface area contributed by atoms with Crippen LogP contribution in [0.2, 0.25) is 0 Å². The van der Waals surface area contributed by atoms with Crippen LogP contribution in [-0.2, 0) is 11.3 Å². The van der Waals surface area contributed by atoms with Crippen molar-refractivity contribution >= 4 is 0 Å². The van der Waals surface area contributed by atoms with Gasteiger partial charge in [0.05, 0.1) is 6.61 Å². The molecule has 1 heterocycles. The Labute approximate surface area is 104 Å². The molecular formula is C13H23N3O. The number of hydrogen-bond donors (Lipinski definition) is 1. The van der Waals surface area contributed by atoms with Gasteiger partial charge < -0.3 is 15.0 Å². The van der Waals surface area contributed by atoms with Crippen LogP contribution in [0.4, 0.5) is 0 Å². The van der Waals surface area contributed by atoms with Gasteiger partial charge in [-0.1, -0.05) is 6.07 Å². The molecule has 0 aromatic carbocycles. The zero-order chi connectivity index (χ0) is 12.5. The van der Waals surface area contributed by atoms with Gasteiger partial charge in [0, 0.05) is 45.2 Å². The van der Waals surface area contributed by atoms with Crippen molar-refractivity contribution in [1.82, 2.24) is 15.2 Å². The summed E-state index contributed by atoms with van der Waals surface area (Å²) in [7, 11) is 3.84. The number of nitrogens with one attached hydrogen (secondary N) is 1. The van der Waals surface area contributed by atoms with E-state index in [1.54, 1.807) is 7.11 Å². The molecule has 0 saturated heterocycles. The highest BCUT2D eigenvalue weighted by atomic mass is 16.5. The molecule has 0 amide bonds. The van der Waals surface area contributed by atoms with Gasteiger partial charge in [-0.3, -0.25) is 4.98 Å². The van der Waals surface area contributed by atoms with Crippen molar-refractivity contribution in [2.45, 2.75) is 13.5 Å². The summed E-state index contributed by atoms with van der Waals surface area (Å²) in [4.78, 5) is 6.58. The lowest BCUT2D eigenvalue weighted by atomic mass is 10.2. The number of aromatic nitrogens is 1. The minimum absolute atomic E-state index is 0.769. The average Bonchev–Trinajstić information content (AvgIpc) is 2.32. The SMILES string of the molecule is COCCNCCN(C)Cc1ccc(C)nc1. The summed E-state index contributed by atoms with van der Waals surface area (Å²) in [5.74, 6) is 0. The molecule has 0 atom stereocenters. The first-order valence-electron chi connectivity index (χ1n) is 6.02. The van der Waals surface area contributed by atoms with Crippen LogP contribution in [0.1, 0.15) is 11.3 Å². The molecule has 0 aliphatic carbocycles. The van der Waals surface area contributed by atoms with Gasteiger partial charge in [0.15, 0.2) is 0 Å². The molecule has 0 aliphatic rings. The average molecular weight is 237 g/mol. The number of ether oxygens (including phenoxy) is 1. The second-order valence-corrected chi connectivity index (χ2v) is 4.29. The van der Waals surface area contributed by atoms with Crippen molar-refractivity contribution in [1.29, 1.82) is 0 Å². The number of rotatable bonds is 8. The van der Waals surface area contributed by atoms with E-state index in [-0.39, 0.29) is 0 Å². The minimum atomic E-state index is 0.769. The third kappa shape index (κ3) is 6.36. The summed E-state index contributed by atoms with van der Waals surface area (Å²) >= 11 is 0. The van der Waals surface area contributed by atoms with Gasteiger partial charge in [-0.2, -0.15) is 0 Å². The molecule has 1 aromatic heterocycles. The number of hydrogen-bond acceptors (Lipinski definition) is 4. The normalized spacial score (nSPS) is 11.1. The summed E-state index contributed by atoms with van der Waals surface area (Å²) < 4.78 is 4.97. The predicted octanol–water partition coefficient (Wildman–Crippen LogP) is 1.06. The molecule has 0 spiro atoms. The summed E-state index contributed by atoms with van der Waals surface area (Å²) in [5.41, 5.74) is 2.33. The summed E-state index contributed by atoms with van der Waals surface area (Å²) in [5, 5.41) is 3.33. The number of aryl methyl sites for hydroxylation is 1. The number of pyridine rings is 1. The second-order valence-electron chi connectivity index (χ2n) is 4.29. The van der Waals surface area contributed by atoms with Crippen LogP contribution in [0.3, 0.4) is 0 Å². The van der Waals surface area contributed by atoms with Crippen LogP contribution in [0.5, 0.6) is 0 Å². The first-order chi connectivity index (χ1) is 8.22. The molecule has 17 heavy (non-hydrogen) atoms. The summed E-state index contributed by atoms with van der Waals surface area (Å²) in [6.07, 6.45) is 1.95. The van der Waals surface area contributed by atoms with Crippen LogP contribution in [-0.4, -0.2) is 50.3 Å². The van der Waals surface area contributed by atoms with Gasteiger partial charge in [-0.15, -0.1) is 0 Å². The molecule has 1 N–H and O–H groups in total. The molecule has 0 bridgehead atoms. The van der Waals surface area contributed by atoms with E-state index >= 15 is 0 Å². The van der Waals surface area contributed by atoms with Crippen molar-refractivity contribution in [3.8, 4) is 0 Å². The van der Waals surface area contributed by atoms with E-state index in [2.05, 4.69) is 34.4 Å². The van der Waals surface area contributed by atoms with Gasteiger partial charge in [-0.25, -0.2) is 0 Å². The molecule has 96 valence electrons. The molecule has 4 nitrogen and oxygen atoms in total. The van der Waals surface area contributed by atoms with E-state index in [1.165, 1.54) is 5.56 Å². The minimum Gasteiger partial charge on any atom is -0.383 e. The summed E-state index contributed by atoms with van der Waals surface area (Å²) in [6.45, 7) is 6.64. The zero-order valence-electron chi connectivity index (χ0n) is 11.1. The molecule has 0 radical (unpaired) electrons. The Balaban J connectivity index is 2.16. The molecule has 0 aliphatic heterocycles. The standard InChI is InChI=1S/C13H23N3O/c1-12-4-5-13(10-15-12)11-16(2)8-6-14-7-9-17-3/h4-5,10,14H,6-9,11H2,1-3H3. The Morgan fingerprint density at radius 1 is 1.35 bits per heavy atom. The molecule has 0 saturated carbocycles. The number of nitrogens with zero attached hydrogens (tertiary/aromatic N) is 2. The van der Waals surface area contributed by atoms with Crippen LogP contribution in [0.15, 0.2) is 18.3 Å². The number of methoxy groups -OCH3 is 1. The lowest BCUT2D eigenvalue weighted by molar-refractivity contribution is 0.197. The largest absolute Gasteiger partial charge is 0.383 e. The molecule has 1 rings (SSSR count). The highest BCUT2D eigenvalue weighted by molar-refractivity contribution is 5.12. The topological polar surface area (TPSA) is 37.4 Å². The molecule has 0 unspecified atom stereocenters. The van der Waals surface area contributed by atoms with Crippen molar-refractivity contribution in [3.05, 3.63) is 29.6 Å². The highest BCUT2D eigenvalue weighted by Gasteiger charge is 2.00. The van der Waals surface area contributed by atoms with Gasteiger partial charge in [-0.05, 0) is 25.6 Å². The zero-order valence-corrected chi connectivity index (χ0v) is 11.1. The van der Waals surface area contributed by atoms with E-state index < -0.39 is 0 Å². The number of likely N-dealkylation sites (N-methyl/N-ethyl adjacent to an activating group) is 1. The highest BCUT2D eigenvalue weighted by Crippen LogP contribution is 2.02. The van der Waals surface area contributed by atoms with Crippen LogP contribution in [0, 0.1) is 6.92 Å². The first kappa shape index (κ1) is 14.1. The van der Waals surface area contributed by atoms with Crippen molar-refractivity contribution in [3.63, 3.8) is 0 Å². The maximum absolute atomic E-state index is 4.97. The van der Waals surface area contributed by atoms with Crippen molar-refractivity contribution < 1.29 is 4.74 Å². The quantitative estimate of drug-likeness (QED) is 0.686. The maximum Gasteiger partial charge on any atom is 0.0587 e. The summed E-state index contributed by atoms with van der Waals surface area (Å²) in [6, 6.07) is 4.19. The van der Waals surface area contributed by atoms with Crippen molar-refractivity contribution in [2.75, 3.05) is 40.4 Å². The molecular weight excluding hydrogens is 214 g/mol. The fraction of sp³-hybridized carbons (Fsp3) is 0.615. The fourth-order valence-corrected chi connectivity index (χ4v) is 1.55. The Hall–Kier alpha value is -0.970. The lowest BCUT2D eigenvalue weighted by Crippen LogP contribution is -2.30. The van der Waals surface area contributed by atoms with Gasteiger partial charge in [0.2, 0.25) is 0 Å². The Kier molecular flexibility index (Phi) is 6.77. The maximum atomic E-state index is 4.97. The van der Waals surface area contributed by atoms with Gasteiger partial charge in [0.25, 0.3) is 0 Å². The second kappa shape index (κ2) is 8.17. The fourth-order valence-electron chi connectivity index (χ4n) is 1.55. The Morgan fingerprint density at radius 3 is 2.82 bits per heavy atom. The third-order valence-corrected chi connectivity index (χ3v) is 2.58. The Bertz CT molecular complexity index is 300. The van der Waals surface area contributed by atoms with E-state index in [9.17, 15) is 0 Å². The Morgan fingerprint density at radius 2 is 2.18 bits per heavy atom.